The van der Waals surface area contributed by atoms with E-state index in [0.717, 1.165) is 43.9 Å². The van der Waals surface area contributed by atoms with Gasteiger partial charge in [0.1, 0.15) is 11.5 Å². The van der Waals surface area contributed by atoms with Gasteiger partial charge in [-0.25, -0.2) is 5.43 Å². The summed E-state index contributed by atoms with van der Waals surface area (Å²) in [5.41, 5.74) is 3.63. The molecule has 0 aromatic heterocycles. The molecule has 1 aliphatic rings. The molecule has 1 amide bonds. The fourth-order valence-corrected chi connectivity index (χ4v) is 2.35. The minimum Gasteiger partial charge on any atom is -0.497 e. The molecule has 0 unspecified atom stereocenters. The van der Waals surface area contributed by atoms with Crippen LogP contribution >= 0.6 is 0 Å². The Morgan fingerprint density at radius 2 is 1.86 bits per heavy atom. The van der Waals surface area contributed by atoms with Crippen LogP contribution in [-0.2, 0) is 4.79 Å². The molecule has 0 spiro atoms. The lowest BCUT2D eigenvalue weighted by Gasteiger charge is -2.23. The van der Waals surface area contributed by atoms with Crippen molar-refractivity contribution in [2.24, 2.45) is 5.10 Å². The van der Waals surface area contributed by atoms with Gasteiger partial charge >= 0.3 is 0 Å². The number of likely N-dealkylation sites (tertiary alicyclic amines) is 1. The second kappa shape index (κ2) is 8.38. The van der Waals surface area contributed by atoms with Crippen molar-refractivity contribution in [3.05, 3.63) is 24.3 Å². The van der Waals surface area contributed by atoms with Gasteiger partial charge in [0, 0.05) is 18.6 Å². The third-order valence-electron chi connectivity index (χ3n) is 3.80. The highest BCUT2D eigenvalue weighted by atomic mass is 16.5. The zero-order chi connectivity index (χ0) is 15.8. The van der Waals surface area contributed by atoms with Gasteiger partial charge in [-0.3, -0.25) is 4.79 Å². The summed E-state index contributed by atoms with van der Waals surface area (Å²) < 4.78 is 10.5. The number of rotatable bonds is 6. The highest BCUT2D eigenvalue weighted by molar-refractivity contribution is 5.87. The number of amides is 1. The Kier molecular flexibility index (Phi) is 6.21. The van der Waals surface area contributed by atoms with Gasteiger partial charge in [-0.15, -0.1) is 0 Å². The number of carbonyl (C=O) groups excluding carboxylic acids is 1. The Morgan fingerprint density at radius 1 is 1.23 bits per heavy atom. The standard InChI is InChI=1S/C16H23N3O3/c1-3-19-10-8-13(9-11-19)17-18-16(20)12-22-15-6-4-14(21-2)5-7-15/h4-7H,3,8-12H2,1-2H3,(H,18,20)/p+1. The van der Waals surface area contributed by atoms with E-state index in [-0.39, 0.29) is 12.5 Å². The number of hydrazone groups is 1. The summed E-state index contributed by atoms with van der Waals surface area (Å²) in [4.78, 5) is 13.3. The molecule has 2 N–H and O–H groups in total. The second-order valence-electron chi connectivity index (χ2n) is 5.28. The van der Waals surface area contributed by atoms with E-state index in [2.05, 4.69) is 17.5 Å². The Morgan fingerprint density at radius 3 is 2.45 bits per heavy atom. The van der Waals surface area contributed by atoms with E-state index >= 15 is 0 Å². The summed E-state index contributed by atoms with van der Waals surface area (Å²) in [5.74, 6) is 1.14. The van der Waals surface area contributed by atoms with Gasteiger partial charge in [0.2, 0.25) is 0 Å². The van der Waals surface area contributed by atoms with Crippen LogP contribution in [0.25, 0.3) is 0 Å². The van der Waals surface area contributed by atoms with Gasteiger partial charge in [-0.1, -0.05) is 0 Å². The smallest absolute Gasteiger partial charge is 0.277 e. The molecule has 6 nitrogen and oxygen atoms in total. The summed E-state index contributed by atoms with van der Waals surface area (Å²) in [6.07, 6.45) is 1.89. The van der Waals surface area contributed by atoms with Crippen LogP contribution in [0.15, 0.2) is 29.4 Å². The zero-order valence-corrected chi connectivity index (χ0v) is 13.2. The van der Waals surface area contributed by atoms with E-state index in [9.17, 15) is 4.79 Å². The molecule has 6 heteroatoms. The van der Waals surface area contributed by atoms with Crippen molar-refractivity contribution < 1.29 is 19.2 Å². The van der Waals surface area contributed by atoms with Gasteiger partial charge in [0.25, 0.3) is 5.91 Å². The molecule has 1 heterocycles. The molecule has 1 aromatic carbocycles. The number of hydrogen-bond acceptors (Lipinski definition) is 4. The van der Waals surface area contributed by atoms with Crippen molar-refractivity contribution in [2.45, 2.75) is 19.8 Å². The highest BCUT2D eigenvalue weighted by Crippen LogP contribution is 2.16. The Balaban J connectivity index is 1.71. The zero-order valence-electron chi connectivity index (χ0n) is 13.2. The first-order valence-corrected chi connectivity index (χ1v) is 7.66. The molecular formula is C16H24N3O3+. The average Bonchev–Trinajstić information content (AvgIpc) is 2.59. The predicted octanol–water partition coefficient (Wildman–Crippen LogP) is 0.245. The molecule has 2 rings (SSSR count). The summed E-state index contributed by atoms with van der Waals surface area (Å²) in [7, 11) is 1.61. The molecule has 1 aromatic rings. The fraction of sp³-hybridized carbons (Fsp3) is 0.500. The van der Waals surface area contributed by atoms with E-state index in [1.807, 2.05) is 0 Å². The van der Waals surface area contributed by atoms with Gasteiger partial charge in [0.05, 0.1) is 26.7 Å². The number of hydrogen-bond donors (Lipinski definition) is 2. The van der Waals surface area contributed by atoms with E-state index in [1.54, 1.807) is 36.3 Å². The van der Waals surface area contributed by atoms with Crippen molar-refractivity contribution >= 4 is 11.6 Å². The van der Waals surface area contributed by atoms with Crippen LogP contribution in [0.4, 0.5) is 0 Å². The normalized spacial score (nSPS) is 17.7. The maximum atomic E-state index is 11.7. The summed E-state index contributed by atoms with van der Waals surface area (Å²) in [6, 6.07) is 7.11. The van der Waals surface area contributed by atoms with Crippen LogP contribution in [-0.4, -0.2) is 45.0 Å². The molecule has 0 radical (unpaired) electrons. The molecule has 22 heavy (non-hydrogen) atoms. The Bertz CT molecular complexity index is 504. The van der Waals surface area contributed by atoms with Gasteiger partial charge < -0.3 is 14.4 Å². The maximum Gasteiger partial charge on any atom is 0.277 e. The molecule has 0 atom stereocenters. The van der Waals surface area contributed by atoms with Crippen LogP contribution in [0.5, 0.6) is 11.5 Å². The number of ether oxygens (including phenoxy) is 2. The predicted molar refractivity (Wildman–Crippen MR) is 84.5 cm³/mol. The largest absolute Gasteiger partial charge is 0.497 e. The summed E-state index contributed by atoms with van der Waals surface area (Å²) in [6.45, 7) is 5.47. The average molecular weight is 306 g/mol. The number of piperidine rings is 1. The van der Waals surface area contributed by atoms with Crippen molar-refractivity contribution in [1.82, 2.24) is 5.43 Å². The molecule has 1 saturated heterocycles. The van der Waals surface area contributed by atoms with Crippen LogP contribution in [0.3, 0.4) is 0 Å². The van der Waals surface area contributed by atoms with Gasteiger partial charge in [-0.05, 0) is 31.2 Å². The number of quaternary nitrogens is 1. The fourth-order valence-electron chi connectivity index (χ4n) is 2.35. The number of nitrogens with zero attached hydrogens (tertiary/aromatic N) is 1. The lowest BCUT2D eigenvalue weighted by atomic mass is 10.1. The topological polar surface area (TPSA) is 64.4 Å². The van der Waals surface area contributed by atoms with E-state index in [1.165, 1.54) is 0 Å². The number of methoxy groups -OCH3 is 1. The second-order valence-corrected chi connectivity index (χ2v) is 5.28. The first-order chi connectivity index (χ1) is 10.7. The number of benzene rings is 1. The van der Waals surface area contributed by atoms with E-state index in [4.69, 9.17) is 9.47 Å². The molecule has 0 saturated carbocycles. The maximum absolute atomic E-state index is 11.7. The van der Waals surface area contributed by atoms with Crippen LogP contribution in [0.2, 0.25) is 0 Å². The Hall–Kier alpha value is -2.08. The van der Waals surface area contributed by atoms with Gasteiger partial charge in [0.15, 0.2) is 6.61 Å². The van der Waals surface area contributed by atoms with E-state index in [0.29, 0.717) is 5.75 Å². The third-order valence-corrected chi connectivity index (χ3v) is 3.80. The minimum atomic E-state index is -0.242. The van der Waals surface area contributed by atoms with E-state index < -0.39 is 0 Å². The summed E-state index contributed by atoms with van der Waals surface area (Å²) >= 11 is 0. The molecule has 1 fully saturated rings. The van der Waals surface area contributed by atoms with Crippen LogP contribution in [0, 0.1) is 0 Å². The molecule has 1 aliphatic heterocycles. The van der Waals surface area contributed by atoms with Crippen molar-refractivity contribution in [2.75, 3.05) is 33.4 Å². The minimum absolute atomic E-state index is 0.0462. The molecule has 120 valence electrons. The SMILES string of the molecule is CC[NH+]1CCC(=NNC(=O)COc2ccc(OC)cc2)CC1. The van der Waals surface area contributed by atoms with Crippen molar-refractivity contribution in [3.8, 4) is 11.5 Å². The molecule has 0 bridgehead atoms. The van der Waals surface area contributed by atoms with Crippen molar-refractivity contribution in [1.29, 1.82) is 0 Å². The first-order valence-electron chi connectivity index (χ1n) is 7.66. The molecule has 0 aliphatic carbocycles. The third kappa shape index (κ3) is 5.04. The van der Waals surface area contributed by atoms with Crippen LogP contribution in [0.1, 0.15) is 19.8 Å². The Labute approximate surface area is 131 Å². The first kappa shape index (κ1) is 16.3. The van der Waals surface area contributed by atoms with Gasteiger partial charge in [-0.2, -0.15) is 5.10 Å². The number of nitrogens with one attached hydrogen (secondary N) is 2. The van der Waals surface area contributed by atoms with Crippen LogP contribution < -0.4 is 19.8 Å². The monoisotopic (exact) mass is 306 g/mol. The lowest BCUT2D eigenvalue weighted by molar-refractivity contribution is -0.899. The lowest BCUT2D eigenvalue weighted by Crippen LogP contribution is -3.12. The van der Waals surface area contributed by atoms with Crippen molar-refractivity contribution in [3.63, 3.8) is 0 Å². The highest BCUT2D eigenvalue weighted by Gasteiger charge is 2.16. The number of carbonyl (C=O) groups is 1. The molecular weight excluding hydrogens is 282 g/mol. The quantitative estimate of drug-likeness (QED) is 0.740. The summed E-state index contributed by atoms with van der Waals surface area (Å²) in [5, 5.41) is 4.20.